The highest BCUT2D eigenvalue weighted by molar-refractivity contribution is 6.43. The first-order chi connectivity index (χ1) is 14.3. The van der Waals surface area contributed by atoms with E-state index < -0.39 is 23.8 Å². The molecule has 8 nitrogen and oxygen atoms in total. The molecule has 1 atom stereocenters. The summed E-state index contributed by atoms with van der Waals surface area (Å²) in [5, 5.41) is 0.254. The summed E-state index contributed by atoms with van der Waals surface area (Å²) in [6.45, 7) is 1.08. The number of fused-ring (bicyclic) bond motifs is 2. The Hall–Kier alpha value is -3.23. The number of carbonyl (C=O) groups is 3. The molecular formula is C20H13Cl2N3O5. The molecule has 1 aliphatic heterocycles. The third-order valence-electron chi connectivity index (χ3n) is 4.67. The number of hydrogen-bond acceptors (Lipinski definition) is 6. The molecule has 0 fully saturated rings. The highest BCUT2D eigenvalue weighted by atomic mass is 35.5. The van der Waals surface area contributed by atoms with Gasteiger partial charge in [0.05, 0.1) is 26.9 Å². The summed E-state index contributed by atoms with van der Waals surface area (Å²) in [7, 11) is 0. The van der Waals surface area contributed by atoms with Crippen LogP contribution in [0.5, 0.6) is 0 Å². The predicted octanol–water partition coefficient (Wildman–Crippen LogP) is 2.73. The van der Waals surface area contributed by atoms with Gasteiger partial charge in [0.2, 0.25) is 0 Å². The molecule has 1 aromatic carbocycles. The fourth-order valence-electron chi connectivity index (χ4n) is 3.15. The van der Waals surface area contributed by atoms with Crippen LogP contribution in [0.4, 0.5) is 0 Å². The zero-order valence-electron chi connectivity index (χ0n) is 15.5. The van der Waals surface area contributed by atoms with Crippen molar-refractivity contribution in [3.63, 3.8) is 0 Å². The molecule has 30 heavy (non-hydrogen) atoms. The van der Waals surface area contributed by atoms with Crippen molar-refractivity contribution in [2.24, 2.45) is 0 Å². The first-order valence-electron chi connectivity index (χ1n) is 8.79. The summed E-state index contributed by atoms with van der Waals surface area (Å²) in [4.78, 5) is 54.9. The fourth-order valence-corrected chi connectivity index (χ4v) is 3.48. The Labute approximate surface area is 179 Å². The highest BCUT2D eigenvalue weighted by Gasteiger charge is 2.42. The van der Waals surface area contributed by atoms with Crippen molar-refractivity contribution in [2.75, 3.05) is 0 Å². The van der Waals surface area contributed by atoms with Crippen LogP contribution in [0.25, 0.3) is 5.65 Å². The molecule has 3 aromatic rings. The third kappa shape index (κ3) is 3.34. The van der Waals surface area contributed by atoms with Crippen molar-refractivity contribution in [3.8, 4) is 0 Å². The van der Waals surface area contributed by atoms with Crippen LogP contribution >= 0.6 is 23.2 Å². The molecule has 4 rings (SSSR count). The second kappa shape index (κ2) is 7.55. The molecule has 2 amide bonds. The monoisotopic (exact) mass is 445 g/mol. The quantitative estimate of drug-likeness (QED) is 0.452. The maximum Gasteiger partial charge on any atom is 0.329 e. The molecule has 1 aliphatic rings. The van der Waals surface area contributed by atoms with E-state index in [1.807, 2.05) is 0 Å². The molecule has 3 heterocycles. The van der Waals surface area contributed by atoms with Gasteiger partial charge in [0, 0.05) is 12.3 Å². The SMILES string of the molecule is C[C@@H](C(=O)OCc1cc(=O)n2ccccc2n1)N1C(=O)c2cc(Cl)c(Cl)cc2C1=O. The van der Waals surface area contributed by atoms with Crippen molar-refractivity contribution in [1.29, 1.82) is 0 Å². The van der Waals surface area contributed by atoms with E-state index in [0.29, 0.717) is 5.65 Å². The van der Waals surface area contributed by atoms with E-state index >= 15 is 0 Å². The molecule has 0 aliphatic carbocycles. The molecule has 10 heteroatoms. The standard InChI is InChI=1S/C20H13Cl2N3O5/c1-10(25-18(27)12-7-14(21)15(22)8-13(12)19(25)28)20(29)30-9-11-6-17(26)24-5-3-2-4-16(24)23-11/h2-8,10H,9H2,1H3/t10-/m0/s1. The molecule has 152 valence electrons. The number of esters is 1. The van der Waals surface area contributed by atoms with Crippen molar-refractivity contribution in [3.05, 3.63) is 79.8 Å². The lowest BCUT2D eigenvalue weighted by Gasteiger charge is -2.20. The maximum atomic E-state index is 12.6. The van der Waals surface area contributed by atoms with Crippen LogP contribution in [0.2, 0.25) is 10.0 Å². The Morgan fingerprint density at radius 3 is 2.33 bits per heavy atom. The van der Waals surface area contributed by atoms with Crippen LogP contribution in [0.15, 0.2) is 47.4 Å². The van der Waals surface area contributed by atoms with E-state index in [2.05, 4.69) is 4.98 Å². The number of benzene rings is 1. The number of imide groups is 1. The largest absolute Gasteiger partial charge is 0.458 e. The molecule has 0 unspecified atom stereocenters. The minimum Gasteiger partial charge on any atom is -0.458 e. The first-order valence-corrected chi connectivity index (χ1v) is 9.54. The zero-order chi connectivity index (χ0) is 21.6. The number of rotatable bonds is 4. The van der Waals surface area contributed by atoms with E-state index in [1.54, 1.807) is 24.4 Å². The topological polar surface area (TPSA) is 98.1 Å². The normalized spacial score (nSPS) is 14.2. The smallest absolute Gasteiger partial charge is 0.329 e. The Kier molecular flexibility index (Phi) is 5.05. The van der Waals surface area contributed by atoms with E-state index in [4.69, 9.17) is 27.9 Å². The van der Waals surface area contributed by atoms with E-state index in [0.717, 1.165) is 4.90 Å². The van der Waals surface area contributed by atoms with Crippen LogP contribution in [0.3, 0.4) is 0 Å². The van der Waals surface area contributed by atoms with Gasteiger partial charge in [-0.2, -0.15) is 0 Å². The maximum absolute atomic E-state index is 12.6. The van der Waals surface area contributed by atoms with Gasteiger partial charge < -0.3 is 4.74 Å². The number of amides is 2. The van der Waals surface area contributed by atoms with Crippen molar-refractivity contribution in [1.82, 2.24) is 14.3 Å². The molecule has 0 saturated carbocycles. The summed E-state index contributed by atoms with van der Waals surface area (Å²) in [6.07, 6.45) is 1.57. The number of aromatic nitrogens is 2. The summed E-state index contributed by atoms with van der Waals surface area (Å²) >= 11 is 11.9. The van der Waals surface area contributed by atoms with Crippen LogP contribution in [-0.4, -0.2) is 38.1 Å². The van der Waals surface area contributed by atoms with Gasteiger partial charge in [-0.1, -0.05) is 29.3 Å². The molecule has 0 radical (unpaired) electrons. The average molecular weight is 446 g/mol. The summed E-state index contributed by atoms with van der Waals surface area (Å²) in [5.74, 6) is -2.16. The number of hydrogen-bond donors (Lipinski definition) is 0. The van der Waals surface area contributed by atoms with Gasteiger partial charge in [-0.25, -0.2) is 9.78 Å². The van der Waals surface area contributed by atoms with E-state index in [1.165, 1.54) is 29.5 Å². The Morgan fingerprint density at radius 1 is 1.07 bits per heavy atom. The second-order valence-electron chi connectivity index (χ2n) is 6.59. The first kappa shape index (κ1) is 20.1. The van der Waals surface area contributed by atoms with Gasteiger partial charge in [0.15, 0.2) is 0 Å². The van der Waals surface area contributed by atoms with Gasteiger partial charge in [-0.05, 0) is 31.2 Å². The fraction of sp³-hybridized carbons (Fsp3) is 0.150. The molecule has 2 aromatic heterocycles. The molecule has 0 spiro atoms. The predicted molar refractivity (Wildman–Crippen MR) is 108 cm³/mol. The minimum absolute atomic E-state index is 0.0678. The lowest BCUT2D eigenvalue weighted by molar-refractivity contribution is -0.149. The average Bonchev–Trinajstić information content (AvgIpc) is 2.96. The summed E-state index contributed by atoms with van der Waals surface area (Å²) < 4.78 is 6.55. The molecular weight excluding hydrogens is 433 g/mol. The Bertz CT molecular complexity index is 1250. The van der Waals surface area contributed by atoms with Crippen LogP contribution in [0.1, 0.15) is 33.3 Å². The van der Waals surface area contributed by atoms with Gasteiger partial charge in [-0.15, -0.1) is 0 Å². The number of ether oxygens (including phenoxy) is 1. The number of halogens is 2. The van der Waals surface area contributed by atoms with E-state index in [9.17, 15) is 19.2 Å². The molecule has 0 saturated heterocycles. The number of carbonyl (C=O) groups excluding carboxylic acids is 3. The molecule has 0 N–H and O–H groups in total. The zero-order valence-corrected chi connectivity index (χ0v) is 17.0. The third-order valence-corrected chi connectivity index (χ3v) is 5.40. The van der Waals surface area contributed by atoms with Crippen LogP contribution in [-0.2, 0) is 16.1 Å². The molecule has 0 bridgehead atoms. The lowest BCUT2D eigenvalue weighted by atomic mass is 10.1. The van der Waals surface area contributed by atoms with Gasteiger partial charge >= 0.3 is 5.97 Å². The Balaban J connectivity index is 1.51. The van der Waals surface area contributed by atoms with Crippen molar-refractivity contribution in [2.45, 2.75) is 19.6 Å². The van der Waals surface area contributed by atoms with Gasteiger partial charge in [0.25, 0.3) is 17.4 Å². The van der Waals surface area contributed by atoms with E-state index in [-0.39, 0.29) is 39.0 Å². The highest BCUT2D eigenvalue weighted by Crippen LogP contribution is 2.32. The van der Waals surface area contributed by atoms with Crippen LogP contribution in [0, 0.1) is 0 Å². The summed E-state index contributed by atoms with van der Waals surface area (Å²) in [5.41, 5.74) is 0.455. The second-order valence-corrected chi connectivity index (χ2v) is 7.40. The van der Waals surface area contributed by atoms with Crippen LogP contribution < -0.4 is 5.56 Å². The number of pyridine rings is 1. The Morgan fingerprint density at radius 2 is 1.70 bits per heavy atom. The minimum atomic E-state index is -1.20. The van der Waals surface area contributed by atoms with Crippen molar-refractivity contribution < 1.29 is 19.1 Å². The van der Waals surface area contributed by atoms with Crippen molar-refractivity contribution >= 4 is 46.6 Å². The van der Waals surface area contributed by atoms with Gasteiger partial charge in [-0.3, -0.25) is 23.7 Å². The lowest BCUT2D eigenvalue weighted by Crippen LogP contribution is -2.43. The summed E-state index contributed by atoms with van der Waals surface area (Å²) in [6, 6.07) is 7.70. The number of nitrogens with zero attached hydrogens (tertiary/aromatic N) is 3. The van der Waals surface area contributed by atoms with Gasteiger partial charge in [0.1, 0.15) is 18.3 Å².